The molecule has 3 unspecified atom stereocenters. The maximum absolute atomic E-state index is 6.45. The van der Waals surface area contributed by atoms with Crippen LogP contribution in [0.25, 0.3) is 0 Å². The molecule has 2 fully saturated rings. The highest BCUT2D eigenvalue weighted by molar-refractivity contribution is 5.03. The van der Waals surface area contributed by atoms with Crippen molar-refractivity contribution in [3.8, 4) is 0 Å². The van der Waals surface area contributed by atoms with Gasteiger partial charge in [-0.05, 0) is 30.6 Å². The molecule has 2 heteroatoms. The molecule has 3 N–H and O–H groups in total. The third kappa shape index (κ3) is 2.73. The lowest BCUT2D eigenvalue weighted by Gasteiger charge is -2.37. The average Bonchev–Trinajstić information content (AvgIpc) is 2.71. The van der Waals surface area contributed by atoms with Crippen molar-refractivity contribution in [2.24, 2.45) is 17.1 Å². The zero-order valence-corrected chi connectivity index (χ0v) is 10.5. The summed E-state index contributed by atoms with van der Waals surface area (Å²) < 4.78 is 0. The molecule has 2 saturated carbocycles. The fourth-order valence-electron chi connectivity index (χ4n) is 3.00. The third-order valence-electron chi connectivity index (χ3n) is 4.34. The van der Waals surface area contributed by atoms with Crippen molar-refractivity contribution < 1.29 is 0 Å². The maximum atomic E-state index is 6.45. The Labute approximate surface area is 94.0 Å². The van der Waals surface area contributed by atoms with Gasteiger partial charge in [0.15, 0.2) is 0 Å². The highest BCUT2D eigenvalue weighted by Gasteiger charge is 2.46. The van der Waals surface area contributed by atoms with Crippen molar-refractivity contribution in [1.29, 1.82) is 0 Å². The molecule has 15 heavy (non-hydrogen) atoms. The van der Waals surface area contributed by atoms with Crippen LogP contribution < -0.4 is 11.1 Å². The summed E-state index contributed by atoms with van der Waals surface area (Å²) in [6.45, 7) is 8.02. The van der Waals surface area contributed by atoms with E-state index >= 15 is 0 Å². The summed E-state index contributed by atoms with van der Waals surface area (Å²) in [5.41, 5.74) is 7.06. The number of nitrogens with one attached hydrogen (secondary N) is 1. The third-order valence-corrected chi connectivity index (χ3v) is 4.34. The predicted octanol–water partition coefficient (Wildman–Crippen LogP) is 2.28. The smallest absolute Gasteiger partial charge is 0.0283 e. The van der Waals surface area contributed by atoms with Gasteiger partial charge in [0.25, 0.3) is 0 Å². The van der Waals surface area contributed by atoms with E-state index in [4.69, 9.17) is 5.73 Å². The predicted molar refractivity (Wildman–Crippen MR) is 64.7 cm³/mol. The van der Waals surface area contributed by atoms with Gasteiger partial charge in [0.2, 0.25) is 0 Å². The lowest BCUT2D eigenvalue weighted by Crippen LogP contribution is -2.52. The van der Waals surface area contributed by atoms with Gasteiger partial charge >= 0.3 is 0 Å². The molecule has 2 aliphatic carbocycles. The van der Waals surface area contributed by atoms with E-state index in [1.165, 1.54) is 32.1 Å². The summed E-state index contributed by atoms with van der Waals surface area (Å²) in [5.74, 6) is 0.817. The summed E-state index contributed by atoms with van der Waals surface area (Å²) in [6, 6.07) is 0.718. The number of hydrogen-bond acceptors (Lipinski definition) is 2. The molecule has 0 aromatic rings. The Morgan fingerprint density at radius 3 is 2.53 bits per heavy atom. The van der Waals surface area contributed by atoms with E-state index in [0.717, 1.165) is 18.5 Å². The van der Waals surface area contributed by atoms with Gasteiger partial charge < -0.3 is 11.1 Å². The SMILES string of the molecule is CC1CCCC(N)(CNC2CC2(C)C)C1. The van der Waals surface area contributed by atoms with Crippen molar-refractivity contribution in [3.63, 3.8) is 0 Å². The molecule has 0 amide bonds. The Morgan fingerprint density at radius 1 is 1.33 bits per heavy atom. The van der Waals surface area contributed by atoms with E-state index in [1.54, 1.807) is 0 Å². The molecule has 0 bridgehead atoms. The van der Waals surface area contributed by atoms with Crippen LogP contribution in [0.4, 0.5) is 0 Å². The fourth-order valence-corrected chi connectivity index (χ4v) is 3.00. The number of hydrogen-bond donors (Lipinski definition) is 2. The van der Waals surface area contributed by atoms with Crippen LogP contribution in [0, 0.1) is 11.3 Å². The molecule has 0 aromatic carbocycles. The van der Waals surface area contributed by atoms with Gasteiger partial charge in [-0.15, -0.1) is 0 Å². The Morgan fingerprint density at radius 2 is 2.00 bits per heavy atom. The lowest BCUT2D eigenvalue weighted by molar-refractivity contribution is 0.227. The van der Waals surface area contributed by atoms with E-state index in [1.807, 2.05) is 0 Å². The van der Waals surface area contributed by atoms with E-state index in [-0.39, 0.29) is 5.54 Å². The van der Waals surface area contributed by atoms with Gasteiger partial charge in [-0.2, -0.15) is 0 Å². The van der Waals surface area contributed by atoms with Gasteiger partial charge in [0.05, 0.1) is 0 Å². The van der Waals surface area contributed by atoms with Crippen LogP contribution in [0.3, 0.4) is 0 Å². The molecule has 88 valence electrons. The number of rotatable bonds is 3. The molecule has 0 aromatic heterocycles. The molecule has 2 nitrogen and oxygen atoms in total. The summed E-state index contributed by atoms with van der Waals surface area (Å²) >= 11 is 0. The minimum absolute atomic E-state index is 0.0797. The zero-order valence-electron chi connectivity index (χ0n) is 10.5. The lowest BCUT2D eigenvalue weighted by atomic mass is 9.77. The van der Waals surface area contributed by atoms with Crippen LogP contribution in [0.1, 0.15) is 52.9 Å². The first-order valence-electron chi connectivity index (χ1n) is 6.44. The van der Waals surface area contributed by atoms with Crippen LogP contribution in [0.15, 0.2) is 0 Å². The van der Waals surface area contributed by atoms with E-state index < -0.39 is 0 Å². The highest BCUT2D eigenvalue weighted by Crippen LogP contribution is 2.44. The molecular weight excluding hydrogens is 184 g/mol. The highest BCUT2D eigenvalue weighted by atomic mass is 15.0. The fraction of sp³-hybridized carbons (Fsp3) is 1.00. The molecule has 0 aliphatic heterocycles. The standard InChI is InChI=1S/C13H26N2/c1-10-5-4-6-13(14,7-10)9-15-11-8-12(11,2)3/h10-11,15H,4-9,14H2,1-3H3. The quantitative estimate of drug-likeness (QED) is 0.750. The minimum Gasteiger partial charge on any atom is -0.324 e. The van der Waals surface area contributed by atoms with Gasteiger partial charge in [0.1, 0.15) is 0 Å². The van der Waals surface area contributed by atoms with Crippen LogP contribution >= 0.6 is 0 Å². The van der Waals surface area contributed by atoms with Crippen molar-refractivity contribution >= 4 is 0 Å². The topological polar surface area (TPSA) is 38.0 Å². The second kappa shape index (κ2) is 3.74. The van der Waals surface area contributed by atoms with Crippen LogP contribution in [0.5, 0.6) is 0 Å². The minimum atomic E-state index is 0.0797. The van der Waals surface area contributed by atoms with Gasteiger partial charge in [0, 0.05) is 18.1 Å². The molecule has 0 saturated heterocycles. The van der Waals surface area contributed by atoms with Crippen molar-refractivity contribution in [2.75, 3.05) is 6.54 Å². The molecular formula is C13H26N2. The normalized spacial score (nSPS) is 44.0. The monoisotopic (exact) mass is 210 g/mol. The van der Waals surface area contributed by atoms with Crippen molar-refractivity contribution in [3.05, 3.63) is 0 Å². The van der Waals surface area contributed by atoms with Crippen molar-refractivity contribution in [2.45, 2.75) is 64.5 Å². The Hall–Kier alpha value is -0.0800. The van der Waals surface area contributed by atoms with Gasteiger partial charge in [-0.25, -0.2) is 0 Å². The van der Waals surface area contributed by atoms with Crippen LogP contribution in [-0.2, 0) is 0 Å². The van der Waals surface area contributed by atoms with Gasteiger partial charge in [-0.3, -0.25) is 0 Å². The first-order valence-corrected chi connectivity index (χ1v) is 6.44. The largest absolute Gasteiger partial charge is 0.324 e. The van der Waals surface area contributed by atoms with Crippen LogP contribution in [-0.4, -0.2) is 18.1 Å². The average molecular weight is 210 g/mol. The van der Waals surface area contributed by atoms with Crippen LogP contribution in [0.2, 0.25) is 0 Å². The van der Waals surface area contributed by atoms with E-state index in [9.17, 15) is 0 Å². The Kier molecular flexibility index (Phi) is 2.85. The van der Waals surface area contributed by atoms with E-state index in [0.29, 0.717) is 5.41 Å². The molecule has 2 rings (SSSR count). The molecule has 0 radical (unpaired) electrons. The van der Waals surface area contributed by atoms with E-state index in [2.05, 4.69) is 26.1 Å². The summed E-state index contributed by atoms with van der Waals surface area (Å²) in [6.07, 6.45) is 6.41. The Balaban J connectivity index is 1.78. The second-order valence-corrected chi connectivity index (χ2v) is 6.69. The molecule has 2 aliphatic rings. The second-order valence-electron chi connectivity index (χ2n) is 6.69. The summed E-state index contributed by atoms with van der Waals surface area (Å²) in [5, 5.41) is 3.65. The van der Waals surface area contributed by atoms with Crippen molar-refractivity contribution in [1.82, 2.24) is 5.32 Å². The van der Waals surface area contributed by atoms with Gasteiger partial charge in [-0.1, -0.05) is 33.6 Å². The molecule has 0 spiro atoms. The Bertz CT molecular complexity index is 237. The molecule has 3 atom stereocenters. The summed E-state index contributed by atoms with van der Waals surface area (Å²) in [7, 11) is 0. The maximum Gasteiger partial charge on any atom is 0.0283 e. The number of nitrogens with two attached hydrogens (primary N) is 1. The first kappa shape index (κ1) is 11.4. The molecule has 0 heterocycles. The summed E-state index contributed by atoms with van der Waals surface area (Å²) in [4.78, 5) is 0. The first-order chi connectivity index (χ1) is 6.91. The zero-order chi connectivity index (χ0) is 11.1.